The molecule has 0 radical (unpaired) electrons. The third-order valence-electron chi connectivity index (χ3n) is 4.96. The summed E-state index contributed by atoms with van der Waals surface area (Å²) in [4.78, 5) is 12.5. The number of anilines is 1. The van der Waals surface area contributed by atoms with E-state index in [4.69, 9.17) is 16.3 Å². The topological polar surface area (TPSA) is 38.2 Å². The number of morpholine rings is 1. The predicted octanol–water partition coefficient (Wildman–Crippen LogP) is 4.38. The Hall–Kier alpha value is -1.69. The number of nitrogens with zero attached hydrogens (tertiary/aromatic N) is 3. The molecule has 2 atom stereocenters. The Morgan fingerprint density at radius 3 is 2.58 bits per heavy atom. The third kappa shape index (κ3) is 2.23. The summed E-state index contributed by atoms with van der Waals surface area (Å²) in [5.41, 5.74) is 2.38. The van der Waals surface area contributed by atoms with Crippen molar-refractivity contribution in [3.63, 3.8) is 0 Å². The Morgan fingerprint density at radius 2 is 1.83 bits per heavy atom. The number of ether oxygens (including phenoxy) is 1. The number of hydrogen-bond donors (Lipinski definition) is 0. The lowest BCUT2D eigenvalue weighted by molar-refractivity contribution is 0.0904. The number of aromatic nitrogens is 2. The molecule has 2 fully saturated rings. The zero-order chi connectivity index (χ0) is 16.1. The van der Waals surface area contributed by atoms with Crippen molar-refractivity contribution in [3.8, 4) is 11.1 Å². The second kappa shape index (κ2) is 5.69. The van der Waals surface area contributed by atoms with Gasteiger partial charge in [-0.15, -0.1) is 11.3 Å². The molecule has 24 heavy (non-hydrogen) atoms. The van der Waals surface area contributed by atoms with Gasteiger partial charge in [0.25, 0.3) is 0 Å². The summed E-state index contributed by atoms with van der Waals surface area (Å²) in [6.07, 6.45) is 2.30. The Bertz CT molecular complexity index is 882. The molecule has 2 aliphatic heterocycles. The molecule has 3 aromatic rings. The summed E-state index contributed by atoms with van der Waals surface area (Å²) in [5, 5.41) is 3.61. The lowest BCUT2D eigenvalue weighted by atomic mass is 10.1. The van der Waals surface area contributed by atoms with Gasteiger partial charge in [0, 0.05) is 10.9 Å². The highest BCUT2D eigenvalue weighted by Crippen LogP contribution is 2.43. The summed E-state index contributed by atoms with van der Waals surface area (Å²) >= 11 is 7.87. The monoisotopic (exact) mass is 357 g/mol. The molecule has 6 heteroatoms. The van der Waals surface area contributed by atoms with Crippen LogP contribution in [-0.4, -0.2) is 35.3 Å². The second-order valence-electron chi connectivity index (χ2n) is 6.34. The van der Waals surface area contributed by atoms with Gasteiger partial charge >= 0.3 is 0 Å². The van der Waals surface area contributed by atoms with Crippen LogP contribution in [0.25, 0.3) is 21.3 Å². The van der Waals surface area contributed by atoms with Crippen molar-refractivity contribution in [3.05, 3.63) is 41.0 Å². The van der Waals surface area contributed by atoms with E-state index in [1.165, 1.54) is 11.1 Å². The number of thiophene rings is 1. The van der Waals surface area contributed by atoms with E-state index in [1.807, 2.05) is 6.07 Å². The van der Waals surface area contributed by atoms with Gasteiger partial charge in [-0.2, -0.15) is 4.98 Å². The van der Waals surface area contributed by atoms with Crippen molar-refractivity contribution in [2.45, 2.75) is 24.9 Å². The molecule has 5 rings (SSSR count). The molecule has 4 heterocycles. The van der Waals surface area contributed by atoms with Crippen LogP contribution in [0, 0.1) is 0 Å². The molecular formula is C18H16ClN3OS. The Kier molecular flexibility index (Phi) is 3.47. The lowest BCUT2D eigenvalue weighted by Gasteiger charge is -2.36. The van der Waals surface area contributed by atoms with E-state index >= 15 is 0 Å². The van der Waals surface area contributed by atoms with Gasteiger partial charge in [0.2, 0.25) is 5.28 Å². The molecule has 0 saturated carbocycles. The molecule has 0 spiro atoms. The average molecular weight is 358 g/mol. The van der Waals surface area contributed by atoms with E-state index in [2.05, 4.69) is 44.5 Å². The fraction of sp³-hybridized carbons (Fsp3) is 0.333. The molecule has 2 unspecified atom stereocenters. The molecule has 2 aliphatic rings. The van der Waals surface area contributed by atoms with Crippen molar-refractivity contribution in [2.24, 2.45) is 0 Å². The zero-order valence-electron chi connectivity index (χ0n) is 13.0. The second-order valence-corrected chi connectivity index (χ2v) is 7.54. The number of fused-ring (bicyclic) bond motifs is 3. The maximum atomic E-state index is 6.24. The van der Waals surface area contributed by atoms with Crippen molar-refractivity contribution < 1.29 is 4.74 Å². The molecule has 2 aromatic heterocycles. The Balaban J connectivity index is 1.74. The molecule has 0 aliphatic carbocycles. The highest BCUT2D eigenvalue weighted by Gasteiger charge is 2.39. The van der Waals surface area contributed by atoms with Crippen LogP contribution in [0.1, 0.15) is 12.8 Å². The minimum atomic E-state index is 0.324. The molecule has 1 aromatic carbocycles. The Labute approximate surface area is 149 Å². The van der Waals surface area contributed by atoms with Crippen LogP contribution in [0.2, 0.25) is 5.28 Å². The summed E-state index contributed by atoms with van der Waals surface area (Å²) in [6.45, 7) is 1.54. The van der Waals surface area contributed by atoms with Gasteiger partial charge in [-0.25, -0.2) is 4.98 Å². The van der Waals surface area contributed by atoms with Crippen molar-refractivity contribution in [1.29, 1.82) is 0 Å². The largest absolute Gasteiger partial charge is 0.377 e. The number of halogens is 1. The SMILES string of the molecule is Clc1nc(N2C3CCC2COC3)c2c(-c3ccccc3)csc2n1. The van der Waals surface area contributed by atoms with Gasteiger partial charge in [0.05, 0.1) is 30.7 Å². The fourth-order valence-corrected chi connectivity index (χ4v) is 5.05. The van der Waals surface area contributed by atoms with Crippen molar-refractivity contribution >= 4 is 39.0 Å². The van der Waals surface area contributed by atoms with Gasteiger partial charge < -0.3 is 9.64 Å². The van der Waals surface area contributed by atoms with Crippen LogP contribution >= 0.6 is 22.9 Å². The lowest BCUT2D eigenvalue weighted by Crippen LogP contribution is -2.46. The highest BCUT2D eigenvalue weighted by molar-refractivity contribution is 7.17. The molecule has 0 amide bonds. The standard InChI is InChI=1S/C18H16ClN3OS/c19-18-20-16(22-12-6-7-13(22)9-23-8-12)15-14(10-24-17(15)21-18)11-4-2-1-3-5-11/h1-5,10,12-13H,6-9H2. The summed E-state index contributed by atoms with van der Waals surface area (Å²) in [5.74, 6) is 0.973. The molecule has 122 valence electrons. The van der Waals surface area contributed by atoms with Crippen LogP contribution in [0.3, 0.4) is 0 Å². The smallest absolute Gasteiger partial charge is 0.225 e. The van der Waals surface area contributed by atoms with E-state index in [-0.39, 0.29) is 0 Å². The first-order valence-corrected chi connectivity index (χ1v) is 9.43. The van der Waals surface area contributed by atoms with E-state index in [9.17, 15) is 0 Å². The normalized spacial score (nSPS) is 23.1. The third-order valence-corrected chi connectivity index (χ3v) is 6.00. The van der Waals surface area contributed by atoms with E-state index in [0.717, 1.165) is 42.1 Å². The Morgan fingerprint density at radius 1 is 1.08 bits per heavy atom. The van der Waals surface area contributed by atoms with Crippen LogP contribution in [0.15, 0.2) is 35.7 Å². The van der Waals surface area contributed by atoms with E-state index in [0.29, 0.717) is 17.4 Å². The first-order chi connectivity index (χ1) is 11.8. The minimum Gasteiger partial charge on any atom is -0.377 e. The molecule has 2 saturated heterocycles. The molecule has 2 bridgehead atoms. The fourth-order valence-electron chi connectivity index (χ4n) is 3.89. The van der Waals surface area contributed by atoms with Gasteiger partial charge in [0.1, 0.15) is 10.6 Å². The summed E-state index contributed by atoms with van der Waals surface area (Å²) in [7, 11) is 0. The van der Waals surface area contributed by atoms with E-state index < -0.39 is 0 Å². The summed E-state index contributed by atoms with van der Waals surface area (Å²) < 4.78 is 5.73. The van der Waals surface area contributed by atoms with Crippen LogP contribution < -0.4 is 4.90 Å². The summed E-state index contributed by atoms with van der Waals surface area (Å²) in [6, 6.07) is 11.2. The highest BCUT2D eigenvalue weighted by atomic mass is 35.5. The van der Waals surface area contributed by atoms with Gasteiger partial charge in [-0.05, 0) is 30.0 Å². The quantitative estimate of drug-likeness (QED) is 0.638. The van der Waals surface area contributed by atoms with Gasteiger partial charge in [0.15, 0.2) is 0 Å². The first-order valence-electron chi connectivity index (χ1n) is 8.17. The maximum Gasteiger partial charge on any atom is 0.225 e. The first kappa shape index (κ1) is 14.6. The molecule has 4 nitrogen and oxygen atoms in total. The number of benzene rings is 1. The van der Waals surface area contributed by atoms with Crippen LogP contribution in [0.4, 0.5) is 5.82 Å². The van der Waals surface area contributed by atoms with Gasteiger partial charge in [-0.3, -0.25) is 0 Å². The number of hydrogen-bond acceptors (Lipinski definition) is 5. The predicted molar refractivity (Wildman–Crippen MR) is 98.0 cm³/mol. The maximum absolute atomic E-state index is 6.24. The van der Waals surface area contributed by atoms with Crippen LogP contribution in [-0.2, 0) is 4.74 Å². The molecule has 0 N–H and O–H groups in total. The number of rotatable bonds is 2. The molecular weight excluding hydrogens is 342 g/mol. The zero-order valence-corrected chi connectivity index (χ0v) is 14.6. The van der Waals surface area contributed by atoms with Crippen molar-refractivity contribution in [1.82, 2.24) is 9.97 Å². The minimum absolute atomic E-state index is 0.324. The van der Waals surface area contributed by atoms with E-state index in [1.54, 1.807) is 11.3 Å². The van der Waals surface area contributed by atoms with Gasteiger partial charge in [-0.1, -0.05) is 30.3 Å². The van der Waals surface area contributed by atoms with Crippen molar-refractivity contribution in [2.75, 3.05) is 18.1 Å². The van der Waals surface area contributed by atoms with Crippen LogP contribution in [0.5, 0.6) is 0 Å². The average Bonchev–Trinajstić information content (AvgIpc) is 3.13.